The van der Waals surface area contributed by atoms with E-state index in [4.69, 9.17) is 5.11 Å². The first kappa shape index (κ1) is 13.6. The van der Waals surface area contributed by atoms with Crippen molar-refractivity contribution >= 4 is 35.0 Å². The van der Waals surface area contributed by atoms with Crippen molar-refractivity contribution in [2.45, 2.75) is 0 Å². The molecule has 3 N–H and O–H groups in total. The number of nitrogens with one attached hydrogen (secondary N) is 2. The van der Waals surface area contributed by atoms with Crippen LogP contribution in [0.1, 0.15) is 0 Å². The topological polar surface area (TPSA) is 90.8 Å². The van der Waals surface area contributed by atoms with E-state index >= 15 is 0 Å². The van der Waals surface area contributed by atoms with E-state index < -0.39 is 17.5 Å². The smallest absolute Gasteiger partial charge is 0.357 e. The molecule has 0 spiro atoms. The third kappa shape index (κ3) is 2.82. The van der Waals surface area contributed by atoms with Gasteiger partial charge in [0.05, 0.1) is 17.1 Å². The number of carbonyl (C=O) groups is 2. The Kier molecular flexibility index (Phi) is 4.36. The Bertz CT molecular complexity index is 515. The number of carboxylic acids is 1. The van der Waals surface area contributed by atoms with Gasteiger partial charge in [-0.2, -0.15) is 0 Å². The van der Waals surface area contributed by atoms with Gasteiger partial charge in [0.25, 0.3) is 0 Å². The van der Waals surface area contributed by atoms with E-state index in [2.05, 4.69) is 15.6 Å². The molecule has 18 heavy (non-hydrogen) atoms. The summed E-state index contributed by atoms with van der Waals surface area (Å²) >= 11 is 0. The Morgan fingerprint density at radius 3 is 2.50 bits per heavy atom. The molecular weight excluding hydrogens is 241 g/mol. The molecule has 0 amide bonds. The number of carbonyl (C=O) groups excluding carboxylic acids is 1. The average Bonchev–Trinajstić information content (AvgIpc) is 2.34. The van der Waals surface area contributed by atoms with Gasteiger partial charge in [-0.15, -0.1) is 0 Å². The van der Waals surface area contributed by atoms with Crippen molar-refractivity contribution in [3.05, 3.63) is 17.9 Å². The van der Waals surface area contributed by atoms with Crippen LogP contribution >= 0.6 is 0 Å². The van der Waals surface area contributed by atoms with Crippen molar-refractivity contribution < 1.29 is 19.1 Å². The van der Waals surface area contributed by atoms with Crippen molar-refractivity contribution in [2.75, 3.05) is 24.7 Å². The zero-order valence-electron chi connectivity index (χ0n) is 9.82. The minimum Gasteiger partial charge on any atom is -0.476 e. The number of halogens is 1. The van der Waals surface area contributed by atoms with Crippen LogP contribution < -0.4 is 10.6 Å². The first-order valence-corrected chi connectivity index (χ1v) is 4.99. The lowest BCUT2D eigenvalue weighted by atomic mass is 10.2. The number of aliphatic carboxylic acids is 1. The molecule has 0 aliphatic heterocycles. The van der Waals surface area contributed by atoms with Crippen LogP contribution in [0.4, 0.5) is 21.5 Å². The van der Waals surface area contributed by atoms with Gasteiger partial charge in [-0.25, -0.2) is 14.2 Å². The van der Waals surface area contributed by atoms with Gasteiger partial charge >= 0.3 is 5.97 Å². The van der Waals surface area contributed by atoms with Gasteiger partial charge in [-0.05, 0) is 6.07 Å². The lowest BCUT2D eigenvalue weighted by Crippen LogP contribution is -2.13. The van der Waals surface area contributed by atoms with Crippen LogP contribution in [0, 0.1) is 5.82 Å². The highest BCUT2D eigenvalue weighted by molar-refractivity contribution is 6.58. The molecule has 7 heteroatoms. The van der Waals surface area contributed by atoms with Crippen molar-refractivity contribution in [1.82, 2.24) is 0 Å². The van der Waals surface area contributed by atoms with Gasteiger partial charge in [0.2, 0.25) is 0 Å². The predicted octanol–water partition coefficient (Wildman–Crippen LogP) is 1.27. The van der Waals surface area contributed by atoms with E-state index in [9.17, 15) is 14.0 Å². The molecule has 0 saturated heterocycles. The van der Waals surface area contributed by atoms with Crippen LogP contribution in [-0.4, -0.2) is 37.2 Å². The molecule has 6 nitrogen and oxygen atoms in total. The lowest BCUT2D eigenvalue weighted by molar-refractivity contribution is -0.129. The van der Waals surface area contributed by atoms with Crippen molar-refractivity contribution in [1.29, 1.82) is 0 Å². The number of hydrogen-bond acceptors (Lipinski definition) is 5. The summed E-state index contributed by atoms with van der Waals surface area (Å²) in [4.78, 5) is 24.9. The molecule has 0 atom stereocenters. The van der Waals surface area contributed by atoms with E-state index in [1.54, 1.807) is 14.1 Å². The van der Waals surface area contributed by atoms with E-state index in [-0.39, 0.29) is 12.0 Å². The second-order valence-electron chi connectivity index (χ2n) is 3.27. The van der Waals surface area contributed by atoms with Gasteiger partial charge in [0, 0.05) is 20.2 Å². The molecule has 0 fully saturated rings. The van der Waals surface area contributed by atoms with Gasteiger partial charge in [0.15, 0.2) is 12.0 Å². The van der Waals surface area contributed by atoms with Gasteiger partial charge in [0.1, 0.15) is 5.82 Å². The lowest BCUT2D eigenvalue weighted by Gasteiger charge is -2.11. The number of anilines is 2. The Morgan fingerprint density at radius 2 is 2.06 bits per heavy atom. The molecule has 0 radical (unpaired) electrons. The fourth-order valence-corrected chi connectivity index (χ4v) is 1.39. The second kappa shape index (κ2) is 5.76. The molecule has 0 saturated carbocycles. The largest absolute Gasteiger partial charge is 0.476 e. The summed E-state index contributed by atoms with van der Waals surface area (Å²) < 4.78 is 13.3. The molecule has 0 heterocycles. The molecule has 1 aromatic carbocycles. The Balaban J connectivity index is 3.43. The highest BCUT2D eigenvalue weighted by atomic mass is 19.1. The number of nitrogens with zero attached hydrogens (tertiary/aromatic N) is 1. The van der Waals surface area contributed by atoms with Crippen LogP contribution in [0.5, 0.6) is 0 Å². The maximum Gasteiger partial charge on any atom is 0.357 e. The second-order valence-corrected chi connectivity index (χ2v) is 3.27. The van der Waals surface area contributed by atoms with Crippen molar-refractivity contribution in [3.63, 3.8) is 0 Å². The number of aldehydes is 1. The molecule has 96 valence electrons. The number of hydrogen-bond donors (Lipinski definition) is 3. The molecule has 1 aromatic rings. The maximum absolute atomic E-state index is 13.3. The molecular formula is C11H12FN3O3. The highest BCUT2D eigenvalue weighted by Gasteiger charge is 2.13. The summed E-state index contributed by atoms with van der Waals surface area (Å²) in [7, 11) is 3.16. The predicted molar refractivity (Wildman–Crippen MR) is 66.3 cm³/mol. The quantitative estimate of drug-likeness (QED) is 0.417. The normalized spacial score (nSPS) is 10.9. The Hall–Kier alpha value is -2.44. The summed E-state index contributed by atoms with van der Waals surface area (Å²) in [6.07, 6.45) is 0.103. The molecule has 0 aliphatic rings. The van der Waals surface area contributed by atoms with Gasteiger partial charge < -0.3 is 15.7 Å². The summed E-state index contributed by atoms with van der Waals surface area (Å²) in [6, 6.07) is 2.27. The standard InChI is InChI=1S/C11H12FN3O3/c1-13-7-3-6(12)4-8(10(7)14-2)15-9(5-16)11(17)18/h3-5,13-14H,1-2H3,(H,17,18). The molecule has 0 aromatic heterocycles. The SMILES string of the molecule is CNc1cc(F)cc(N=C(C=O)C(=O)O)c1NC. The van der Waals surface area contributed by atoms with Crippen LogP contribution in [0.25, 0.3) is 0 Å². The molecule has 0 bridgehead atoms. The number of benzene rings is 1. The van der Waals surface area contributed by atoms with Crippen LogP contribution in [-0.2, 0) is 9.59 Å². The van der Waals surface area contributed by atoms with E-state index in [1.807, 2.05) is 0 Å². The minimum atomic E-state index is -1.47. The fraction of sp³-hybridized carbons (Fsp3) is 0.182. The number of aliphatic imine (C=N–C) groups is 1. The zero-order chi connectivity index (χ0) is 13.7. The molecule has 0 aliphatic carbocycles. The number of rotatable bonds is 5. The van der Waals surface area contributed by atoms with Crippen LogP contribution in [0.15, 0.2) is 17.1 Å². The van der Waals surface area contributed by atoms with Gasteiger partial charge in [-0.1, -0.05) is 0 Å². The first-order chi connectivity index (χ1) is 8.53. The fourth-order valence-electron chi connectivity index (χ4n) is 1.39. The summed E-state index contributed by atoms with van der Waals surface area (Å²) in [5.41, 5.74) is 0.150. The summed E-state index contributed by atoms with van der Waals surface area (Å²) in [5, 5.41) is 14.2. The molecule has 0 unspecified atom stereocenters. The van der Waals surface area contributed by atoms with E-state index in [0.29, 0.717) is 11.4 Å². The third-order valence-electron chi connectivity index (χ3n) is 2.17. The van der Waals surface area contributed by atoms with E-state index in [1.165, 1.54) is 6.07 Å². The zero-order valence-corrected chi connectivity index (χ0v) is 9.82. The van der Waals surface area contributed by atoms with Crippen molar-refractivity contribution in [3.8, 4) is 0 Å². The van der Waals surface area contributed by atoms with Gasteiger partial charge in [-0.3, -0.25) is 4.79 Å². The molecule has 1 rings (SSSR count). The monoisotopic (exact) mass is 253 g/mol. The Labute approximate surface area is 103 Å². The summed E-state index contributed by atoms with van der Waals surface area (Å²) in [5.74, 6) is -2.06. The van der Waals surface area contributed by atoms with Crippen LogP contribution in [0.3, 0.4) is 0 Å². The first-order valence-electron chi connectivity index (χ1n) is 4.99. The maximum atomic E-state index is 13.3. The Morgan fingerprint density at radius 1 is 1.39 bits per heavy atom. The average molecular weight is 253 g/mol. The minimum absolute atomic E-state index is 0.0337. The van der Waals surface area contributed by atoms with Crippen LogP contribution in [0.2, 0.25) is 0 Å². The highest BCUT2D eigenvalue weighted by Crippen LogP contribution is 2.33. The number of carboxylic acid groups (broad SMARTS) is 1. The van der Waals surface area contributed by atoms with Crippen molar-refractivity contribution in [2.24, 2.45) is 4.99 Å². The van der Waals surface area contributed by atoms with E-state index in [0.717, 1.165) is 6.07 Å². The third-order valence-corrected chi connectivity index (χ3v) is 2.17. The summed E-state index contributed by atoms with van der Waals surface area (Å²) in [6.45, 7) is 0.